The van der Waals surface area contributed by atoms with Crippen LogP contribution in [0.1, 0.15) is 15.9 Å². The van der Waals surface area contributed by atoms with Crippen LogP contribution < -0.4 is 10.6 Å². The van der Waals surface area contributed by atoms with Crippen LogP contribution >= 0.6 is 12.2 Å². The van der Waals surface area contributed by atoms with Gasteiger partial charge in [0.25, 0.3) is 5.91 Å². The van der Waals surface area contributed by atoms with Crippen molar-refractivity contribution in [2.75, 3.05) is 5.32 Å². The average molecular weight is 421 g/mol. The molecule has 0 aliphatic carbocycles. The molecule has 3 aromatic carbocycles. The monoisotopic (exact) mass is 421 g/mol. The topological polar surface area (TPSA) is 87.4 Å². The summed E-state index contributed by atoms with van der Waals surface area (Å²) < 4.78 is 18.7. The highest BCUT2D eigenvalue weighted by Crippen LogP contribution is 2.33. The molecule has 0 radical (unpaired) electrons. The van der Waals surface area contributed by atoms with E-state index in [4.69, 9.17) is 16.6 Å². The maximum Gasteiger partial charge on any atom is 0.257 e. The van der Waals surface area contributed by atoms with Crippen LogP contribution in [0.25, 0.3) is 22.6 Å². The van der Waals surface area contributed by atoms with Gasteiger partial charge in [-0.1, -0.05) is 6.07 Å². The number of benzene rings is 3. The maximum atomic E-state index is 13.0. The summed E-state index contributed by atoms with van der Waals surface area (Å²) in [5.41, 5.74) is 3.54. The number of amides is 1. The Labute approximate surface area is 176 Å². The fourth-order valence-electron chi connectivity index (χ4n) is 2.88. The van der Waals surface area contributed by atoms with Gasteiger partial charge in [0.15, 0.2) is 10.7 Å². The lowest BCUT2D eigenvalue weighted by Gasteiger charge is -2.10. The highest BCUT2D eigenvalue weighted by Gasteiger charge is 2.14. The van der Waals surface area contributed by atoms with Gasteiger partial charge in [0.2, 0.25) is 5.89 Å². The van der Waals surface area contributed by atoms with Gasteiger partial charge in [-0.05, 0) is 73.2 Å². The molecule has 1 amide bonds. The number of thiocarbonyl (C=S) groups is 1. The zero-order valence-electron chi connectivity index (χ0n) is 15.8. The third-order valence-corrected chi connectivity index (χ3v) is 4.57. The predicted molar refractivity (Wildman–Crippen MR) is 116 cm³/mol. The van der Waals surface area contributed by atoms with Crippen molar-refractivity contribution < 1.29 is 18.7 Å². The molecule has 0 saturated heterocycles. The molecule has 0 aliphatic heterocycles. The van der Waals surface area contributed by atoms with Gasteiger partial charge < -0.3 is 14.8 Å². The highest BCUT2D eigenvalue weighted by atomic mass is 32.1. The molecule has 0 aliphatic rings. The van der Waals surface area contributed by atoms with Gasteiger partial charge in [0, 0.05) is 17.3 Å². The number of aryl methyl sites for hydroxylation is 1. The van der Waals surface area contributed by atoms with Crippen LogP contribution in [0.4, 0.5) is 10.1 Å². The summed E-state index contributed by atoms with van der Waals surface area (Å²) in [6, 6.07) is 15.5. The van der Waals surface area contributed by atoms with Crippen molar-refractivity contribution in [3.8, 4) is 17.2 Å². The summed E-state index contributed by atoms with van der Waals surface area (Å²) in [7, 11) is 0. The lowest BCUT2D eigenvalue weighted by molar-refractivity contribution is 0.0977. The van der Waals surface area contributed by atoms with Gasteiger partial charge in [-0.2, -0.15) is 0 Å². The van der Waals surface area contributed by atoms with Crippen LogP contribution in [-0.4, -0.2) is 21.1 Å². The van der Waals surface area contributed by atoms with E-state index in [1.165, 1.54) is 30.3 Å². The van der Waals surface area contributed by atoms with Crippen molar-refractivity contribution in [1.82, 2.24) is 10.3 Å². The number of oxazole rings is 1. The molecule has 0 spiro atoms. The molecule has 8 heteroatoms. The summed E-state index contributed by atoms with van der Waals surface area (Å²) in [5.74, 6) is -0.671. The van der Waals surface area contributed by atoms with Crippen LogP contribution in [0.3, 0.4) is 0 Å². The van der Waals surface area contributed by atoms with Crippen LogP contribution in [0, 0.1) is 12.7 Å². The molecule has 0 fully saturated rings. The van der Waals surface area contributed by atoms with Gasteiger partial charge in [0.1, 0.15) is 17.1 Å². The van der Waals surface area contributed by atoms with E-state index >= 15 is 0 Å². The Morgan fingerprint density at radius 1 is 1.10 bits per heavy atom. The Balaban J connectivity index is 1.47. The molecule has 0 atom stereocenters. The standard InChI is InChI=1S/C22H16FN3O3S/c1-12-2-9-17-19(10-12)29-21(25-17)16-8-7-15(11-18(16)27)24-22(30)26-20(28)13-3-5-14(23)6-4-13/h2-11,27H,1H3,(H2,24,26,28,30). The summed E-state index contributed by atoms with van der Waals surface area (Å²) >= 11 is 5.13. The van der Waals surface area contributed by atoms with Gasteiger partial charge >= 0.3 is 0 Å². The number of phenols is 1. The Bertz CT molecular complexity index is 1270. The Hall–Kier alpha value is -3.78. The first-order valence-electron chi connectivity index (χ1n) is 8.97. The normalized spacial score (nSPS) is 10.7. The second-order valence-electron chi connectivity index (χ2n) is 6.64. The number of aromatic nitrogens is 1. The van der Waals surface area contributed by atoms with E-state index in [0.29, 0.717) is 28.2 Å². The second-order valence-corrected chi connectivity index (χ2v) is 7.05. The molecule has 150 valence electrons. The van der Waals surface area contributed by atoms with E-state index in [9.17, 15) is 14.3 Å². The number of fused-ring (bicyclic) bond motifs is 1. The molecular weight excluding hydrogens is 405 g/mol. The Morgan fingerprint density at radius 2 is 1.87 bits per heavy atom. The van der Waals surface area contributed by atoms with Crippen molar-refractivity contribution in [3.05, 3.63) is 77.6 Å². The van der Waals surface area contributed by atoms with E-state index in [-0.39, 0.29) is 16.4 Å². The van der Waals surface area contributed by atoms with E-state index in [1.54, 1.807) is 12.1 Å². The van der Waals surface area contributed by atoms with Crippen LogP contribution in [0.2, 0.25) is 0 Å². The second kappa shape index (κ2) is 7.92. The van der Waals surface area contributed by atoms with Crippen molar-refractivity contribution in [2.45, 2.75) is 6.92 Å². The molecular formula is C22H16FN3O3S. The van der Waals surface area contributed by atoms with Crippen molar-refractivity contribution >= 4 is 40.0 Å². The number of carbonyl (C=O) groups excluding carboxylic acids is 1. The molecule has 6 nitrogen and oxygen atoms in total. The fourth-order valence-corrected chi connectivity index (χ4v) is 3.09. The number of anilines is 1. The number of phenolic OH excluding ortho intramolecular Hbond substituents is 1. The Morgan fingerprint density at radius 3 is 2.60 bits per heavy atom. The van der Waals surface area contributed by atoms with Crippen molar-refractivity contribution in [3.63, 3.8) is 0 Å². The third-order valence-electron chi connectivity index (χ3n) is 4.36. The highest BCUT2D eigenvalue weighted by molar-refractivity contribution is 7.80. The SMILES string of the molecule is Cc1ccc2nc(-c3ccc(NC(=S)NC(=O)c4ccc(F)cc4)cc3O)oc2c1. The van der Waals surface area contributed by atoms with E-state index < -0.39 is 11.7 Å². The van der Waals surface area contributed by atoms with Gasteiger partial charge in [0.05, 0.1) is 5.56 Å². The van der Waals surface area contributed by atoms with Crippen LogP contribution in [-0.2, 0) is 0 Å². The minimum Gasteiger partial charge on any atom is -0.507 e. The first-order valence-corrected chi connectivity index (χ1v) is 9.38. The smallest absolute Gasteiger partial charge is 0.257 e. The first-order chi connectivity index (χ1) is 14.4. The predicted octanol–water partition coefficient (Wildman–Crippen LogP) is 4.77. The average Bonchev–Trinajstić information content (AvgIpc) is 3.11. The zero-order chi connectivity index (χ0) is 21.3. The van der Waals surface area contributed by atoms with Crippen molar-refractivity contribution in [2.24, 2.45) is 0 Å². The summed E-state index contributed by atoms with van der Waals surface area (Å²) in [4.78, 5) is 16.5. The maximum absolute atomic E-state index is 13.0. The van der Waals surface area contributed by atoms with E-state index in [2.05, 4.69) is 15.6 Å². The van der Waals surface area contributed by atoms with Crippen molar-refractivity contribution in [1.29, 1.82) is 0 Å². The summed E-state index contributed by atoms with van der Waals surface area (Å²) in [6.45, 7) is 1.96. The molecule has 4 rings (SSSR count). The zero-order valence-corrected chi connectivity index (χ0v) is 16.6. The molecule has 3 N–H and O–H groups in total. The third kappa shape index (κ3) is 4.13. The number of rotatable bonds is 3. The minimum atomic E-state index is -0.477. The largest absolute Gasteiger partial charge is 0.507 e. The summed E-state index contributed by atoms with van der Waals surface area (Å²) in [5, 5.41) is 15.8. The number of hydrogen-bond donors (Lipinski definition) is 3. The number of carbonyl (C=O) groups is 1. The summed E-state index contributed by atoms with van der Waals surface area (Å²) in [6.07, 6.45) is 0. The molecule has 4 aromatic rings. The number of nitrogens with one attached hydrogen (secondary N) is 2. The van der Waals surface area contributed by atoms with Gasteiger partial charge in [-0.25, -0.2) is 9.37 Å². The fraction of sp³-hybridized carbons (Fsp3) is 0.0455. The number of hydrogen-bond acceptors (Lipinski definition) is 5. The number of nitrogens with zero attached hydrogens (tertiary/aromatic N) is 1. The quantitative estimate of drug-likeness (QED) is 0.413. The lowest BCUT2D eigenvalue weighted by atomic mass is 10.2. The molecule has 0 saturated carbocycles. The molecule has 30 heavy (non-hydrogen) atoms. The molecule has 0 bridgehead atoms. The number of halogens is 1. The van der Waals surface area contributed by atoms with Crippen LogP contribution in [0.15, 0.2) is 65.1 Å². The lowest BCUT2D eigenvalue weighted by Crippen LogP contribution is -2.34. The van der Waals surface area contributed by atoms with Gasteiger partial charge in [-0.3, -0.25) is 10.1 Å². The van der Waals surface area contributed by atoms with E-state index in [0.717, 1.165) is 5.56 Å². The minimum absolute atomic E-state index is 0.0359. The first kappa shape index (κ1) is 19.5. The van der Waals surface area contributed by atoms with Gasteiger partial charge in [-0.15, -0.1) is 0 Å². The van der Waals surface area contributed by atoms with E-state index in [1.807, 2.05) is 25.1 Å². The number of aromatic hydroxyl groups is 1. The Kier molecular flexibility index (Phi) is 5.16. The molecule has 1 heterocycles. The van der Waals surface area contributed by atoms with Crippen LogP contribution in [0.5, 0.6) is 5.75 Å². The molecule has 1 aromatic heterocycles. The molecule has 0 unspecified atom stereocenters.